The Balaban J connectivity index is 1.66. The highest BCUT2D eigenvalue weighted by Gasteiger charge is 2.45. The summed E-state index contributed by atoms with van der Waals surface area (Å²) in [6.07, 6.45) is 6.55. The highest BCUT2D eigenvalue weighted by molar-refractivity contribution is 5.64. The molecule has 0 amide bonds. The summed E-state index contributed by atoms with van der Waals surface area (Å²) in [5, 5.41) is 3.49. The maximum absolute atomic E-state index is 4.89. The summed E-state index contributed by atoms with van der Waals surface area (Å²) in [6, 6.07) is 5.01. The van der Waals surface area contributed by atoms with Crippen LogP contribution < -0.4 is 10.2 Å². The van der Waals surface area contributed by atoms with E-state index >= 15 is 0 Å². The standard InChI is InChI=1S/C23H33N5/c1-6-11-28(21(18-7-8-18)19-9-10-19)23-25-17(5)24-22(27-23)26-20-15(3)12-14(2)13-16(20)4/h12-13,18-19,21H,6-11H2,1-5H3,(H,24,25,26,27). The molecule has 5 nitrogen and oxygen atoms in total. The summed E-state index contributed by atoms with van der Waals surface area (Å²) in [6.45, 7) is 11.6. The van der Waals surface area contributed by atoms with Crippen molar-refractivity contribution in [2.75, 3.05) is 16.8 Å². The van der Waals surface area contributed by atoms with E-state index in [0.29, 0.717) is 12.0 Å². The number of nitrogens with zero attached hydrogens (tertiary/aromatic N) is 4. The highest BCUT2D eigenvalue weighted by Crippen LogP contribution is 2.48. The van der Waals surface area contributed by atoms with E-state index in [4.69, 9.17) is 9.97 Å². The van der Waals surface area contributed by atoms with Gasteiger partial charge >= 0.3 is 0 Å². The normalized spacial score (nSPS) is 16.5. The monoisotopic (exact) mass is 379 g/mol. The maximum Gasteiger partial charge on any atom is 0.232 e. The zero-order valence-corrected chi connectivity index (χ0v) is 17.9. The molecule has 1 heterocycles. The average Bonchev–Trinajstić information content (AvgIpc) is 3.51. The first-order valence-electron chi connectivity index (χ1n) is 10.8. The Labute approximate surface area is 169 Å². The summed E-state index contributed by atoms with van der Waals surface area (Å²) in [4.78, 5) is 16.7. The quantitative estimate of drug-likeness (QED) is 0.678. The van der Waals surface area contributed by atoms with Crippen LogP contribution in [0.3, 0.4) is 0 Å². The second kappa shape index (κ2) is 7.69. The van der Waals surface area contributed by atoms with E-state index in [2.05, 4.69) is 55.0 Å². The summed E-state index contributed by atoms with van der Waals surface area (Å²) in [5.74, 6) is 3.94. The van der Waals surface area contributed by atoms with Crippen LogP contribution in [0.4, 0.5) is 17.6 Å². The van der Waals surface area contributed by atoms with Crippen molar-refractivity contribution in [1.82, 2.24) is 15.0 Å². The molecular formula is C23H33N5. The number of anilines is 3. The maximum atomic E-state index is 4.89. The summed E-state index contributed by atoms with van der Waals surface area (Å²) >= 11 is 0. The molecule has 0 spiro atoms. The smallest absolute Gasteiger partial charge is 0.232 e. The van der Waals surface area contributed by atoms with E-state index < -0.39 is 0 Å². The number of rotatable bonds is 8. The number of hydrogen-bond acceptors (Lipinski definition) is 5. The molecule has 1 N–H and O–H groups in total. The molecule has 0 aliphatic heterocycles. The molecule has 5 heteroatoms. The minimum Gasteiger partial charge on any atom is -0.337 e. The zero-order valence-electron chi connectivity index (χ0n) is 17.9. The molecule has 0 unspecified atom stereocenters. The molecule has 2 aromatic rings. The summed E-state index contributed by atoms with van der Waals surface area (Å²) in [5.41, 5.74) is 4.82. The van der Waals surface area contributed by atoms with E-state index in [-0.39, 0.29) is 0 Å². The molecule has 0 bridgehead atoms. The van der Waals surface area contributed by atoms with Crippen LogP contribution in [0.2, 0.25) is 0 Å². The Bertz CT molecular complexity index is 819. The lowest BCUT2D eigenvalue weighted by molar-refractivity contribution is 0.469. The van der Waals surface area contributed by atoms with Crippen molar-refractivity contribution in [3.8, 4) is 0 Å². The van der Waals surface area contributed by atoms with Crippen LogP contribution in [-0.4, -0.2) is 27.5 Å². The van der Waals surface area contributed by atoms with Gasteiger partial charge in [0.05, 0.1) is 0 Å². The summed E-state index contributed by atoms with van der Waals surface area (Å²) < 4.78 is 0. The van der Waals surface area contributed by atoms with E-state index in [9.17, 15) is 0 Å². The lowest BCUT2D eigenvalue weighted by Crippen LogP contribution is -2.40. The number of hydrogen-bond donors (Lipinski definition) is 1. The van der Waals surface area contributed by atoms with Crippen molar-refractivity contribution in [2.24, 2.45) is 11.8 Å². The fraction of sp³-hybridized carbons (Fsp3) is 0.609. The van der Waals surface area contributed by atoms with Gasteiger partial charge in [-0.15, -0.1) is 0 Å². The van der Waals surface area contributed by atoms with Crippen LogP contribution in [-0.2, 0) is 0 Å². The predicted molar refractivity (Wildman–Crippen MR) is 115 cm³/mol. The molecule has 2 aliphatic rings. The van der Waals surface area contributed by atoms with Crippen LogP contribution in [0, 0.1) is 39.5 Å². The zero-order chi connectivity index (χ0) is 19.8. The Morgan fingerprint density at radius 3 is 2.11 bits per heavy atom. The van der Waals surface area contributed by atoms with Crippen molar-refractivity contribution in [1.29, 1.82) is 0 Å². The first-order chi connectivity index (χ1) is 13.5. The van der Waals surface area contributed by atoms with Crippen molar-refractivity contribution < 1.29 is 0 Å². The van der Waals surface area contributed by atoms with Gasteiger partial charge in [0.15, 0.2) is 0 Å². The largest absolute Gasteiger partial charge is 0.337 e. The van der Waals surface area contributed by atoms with E-state index in [1.54, 1.807) is 0 Å². The van der Waals surface area contributed by atoms with Gasteiger partial charge < -0.3 is 10.2 Å². The van der Waals surface area contributed by atoms with Crippen LogP contribution in [0.25, 0.3) is 0 Å². The lowest BCUT2D eigenvalue weighted by Gasteiger charge is -2.32. The van der Waals surface area contributed by atoms with Gasteiger partial charge in [-0.2, -0.15) is 15.0 Å². The minimum atomic E-state index is 0.609. The summed E-state index contributed by atoms with van der Waals surface area (Å²) in [7, 11) is 0. The molecular weight excluding hydrogens is 346 g/mol. The van der Waals surface area contributed by atoms with Gasteiger partial charge in [-0.3, -0.25) is 0 Å². The molecule has 2 saturated carbocycles. The third-order valence-corrected chi connectivity index (χ3v) is 5.94. The van der Waals surface area contributed by atoms with Crippen LogP contribution in [0.1, 0.15) is 61.5 Å². The van der Waals surface area contributed by atoms with Crippen LogP contribution in [0.15, 0.2) is 12.1 Å². The fourth-order valence-corrected chi connectivity index (χ4v) is 4.53. The molecule has 2 aliphatic carbocycles. The number of benzene rings is 1. The van der Waals surface area contributed by atoms with Gasteiger partial charge in [-0.25, -0.2) is 0 Å². The van der Waals surface area contributed by atoms with Gasteiger partial charge in [0.1, 0.15) is 5.82 Å². The fourth-order valence-electron chi connectivity index (χ4n) is 4.53. The minimum absolute atomic E-state index is 0.609. The number of aryl methyl sites for hydroxylation is 4. The first-order valence-corrected chi connectivity index (χ1v) is 10.8. The molecule has 1 aromatic carbocycles. The van der Waals surface area contributed by atoms with Crippen LogP contribution >= 0.6 is 0 Å². The second-order valence-corrected chi connectivity index (χ2v) is 8.76. The SMILES string of the molecule is CCCN(c1nc(C)nc(Nc2c(C)cc(C)cc2C)n1)C(C1CC1)C1CC1. The molecule has 28 heavy (non-hydrogen) atoms. The average molecular weight is 380 g/mol. The third-order valence-electron chi connectivity index (χ3n) is 5.94. The van der Waals surface area contributed by atoms with Crippen molar-refractivity contribution in [2.45, 2.75) is 72.8 Å². The predicted octanol–water partition coefficient (Wildman–Crippen LogP) is 5.25. The van der Waals surface area contributed by atoms with Gasteiger partial charge in [-0.05, 0) is 82.8 Å². The second-order valence-electron chi connectivity index (χ2n) is 8.76. The Morgan fingerprint density at radius 2 is 1.57 bits per heavy atom. The Hall–Kier alpha value is -2.17. The van der Waals surface area contributed by atoms with Gasteiger partial charge in [0.2, 0.25) is 11.9 Å². The molecule has 150 valence electrons. The molecule has 0 radical (unpaired) electrons. The van der Waals surface area contributed by atoms with E-state index in [1.165, 1.54) is 42.4 Å². The van der Waals surface area contributed by atoms with E-state index in [1.807, 2.05) is 6.92 Å². The van der Waals surface area contributed by atoms with Gasteiger partial charge in [-0.1, -0.05) is 24.6 Å². The lowest BCUT2D eigenvalue weighted by atomic mass is 10.1. The third kappa shape index (κ3) is 4.13. The molecule has 2 fully saturated rings. The van der Waals surface area contributed by atoms with Crippen LogP contribution in [0.5, 0.6) is 0 Å². The van der Waals surface area contributed by atoms with Crippen molar-refractivity contribution in [3.63, 3.8) is 0 Å². The van der Waals surface area contributed by atoms with Crippen molar-refractivity contribution >= 4 is 17.6 Å². The van der Waals surface area contributed by atoms with Crippen molar-refractivity contribution in [3.05, 3.63) is 34.6 Å². The molecule has 0 saturated heterocycles. The first kappa shape index (κ1) is 19.2. The highest BCUT2D eigenvalue weighted by atomic mass is 15.3. The van der Waals surface area contributed by atoms with E-state index in [0.717, 1.165) is 42.3 Å². The molecule has 1 aromatic heterocycles. The molecule has 0 atom stereocenters. The number of aromatic nitrogens is 3. The van der Waals surface area contributed by atoms with Gasteiger partial charge in [0, 0.05) is 18.3 Å². The topological polar surface area (TPSA) is 53.9 Å². The number of nitrogens with one attached hydrogen (secondary N) is 1. The Morgan fingerprint density at radius 1 is 0.964 bits per heavy atom. The Kier molecular flexibility index (Phi) is 5.26. The van der Waals surface area contributed by atoms with Gasteiger partial charge in [0.25, 0.3) is 0 Å². The molecule has 4 rings (SSSR count).